The SMILES string of the molecule is C=CCOC12Oc3ccc(Oc4ccc(SC)cc4)cc3C3C(CCCCO)C(CCCCO)C=C(C(=NOC)CC1SCC)C32. The number of allylic oxidation sites excluding steroid dienone is 1. The number of fused-ring (bicyclic) bond motifs is 2. The third-order valence-electron chi connectivity index (χ3n) is 9.49. The lowest BCUT2D eigenvalue weighted by molar-refractivity contribution is -0.223. The first-order valence-corrected chi connectivity index (χ1v) is 18.9. The smallest absolute Gasteiger partial charge is 0.230 e. The molecule has 5 rings (SSSR count). The molecule has 2 aromatic carbocycles. The van der Waals surface area contributed by atoms with Crippen LogP contribution in [0.1, 0.15) is 63.4 Å². The first kappa shape index (κ1) is 34.9. The van der Waals surface area contributed by atoms with Crippen molar-refractivity contribution in [1.29, 1.82) is 0 Å². The van der Waals surface area contributed by atoms with Gasteiger partial charge in [-0.3, -0.25) is 0 Å². The second kappa shape index (κ2) is 16.6. The number of thioether (sulfide) groups is 2. The van der Waals surface area contributed by atoms with Crippen molar-refractivity contribution in [3.05, 3.63) is 72.3 Å². The number of hydrogen-bond donors (Lipinski definition) is 2. The minimum atomic E-state index is -0.924. The van der Waals surface area contributed by atoms with Crippen LogP contribution in [0.3, 0.4) is 0 Å². The molecule has 0 amide bonds. The average molecular weight is 668 g/mol. The maximum atomic E-state index is 9.75. The molecule has 0 spiro atoms. The molecule has 3 aliphatic rings. The molecule has 9 heteroatoms. The lowest BCUT2D eigenvalue weighted by Crippen LogP contribution is -2.64. The van der Waals surface area contributed by atoms with E-state index in [1.54, 1.807) is 24.9 Å². The van der Waals surface area contributed by atoms with Gasteiger partial charge in [-0.1, -0.05) is 37.1 Å². The number of hydrogen-bond acceptors (Lipinski definition) is 9. The Balaban J connectivity index is 1.68. The van der Waals surface area contributed by atoms with Crippen LogP contribution in [-0.4, -0.2) is 65.9 Å². The quantitative estimate of drug-likeness (QED) is 0.0755. The molecular weight excluding hydrogens is 619 g/mol. The highest BCUT2D eigenvalue weighted by molar-refractivity contribution is 8.00. The molecule has 0 radical (unpaired) electrons. The second-order valence-electron chi connectivity index (χ2n) is 12.2. The summed E-state index contributed by atoms with van der Waals surface area (Å²) in [4.78, 5) is 6.65. The zero-order valence-corrected chi connectivity index (χ0v) is 29.0. The molecule has 0 saturated heterocycles. The summed E-state index contributed by atoms with van der Waals surface area (Å²) in [6.07, 6.45) is 12.2. The van der Waals surface area contributed by atoms with Crippen molar-refractivity contribution in [3.8, 4) is 17.2 Å². The van der Waals surface area contributed by atoms with E-state index < -0.39 is 5.79 Å². The number of aliphatic hydroxyl groups is 2. The van der Waals surface area contributed by atoms with E-state index in [2.05, 4.69) is 49.2 Å². The van der Waals surface area contributed by atoms with E-state index in [0.29, 0.717) is 13.0 Å². The average Bonchev–Trinajstić information content (AvgIpc) is 3.07. The maximum absolute atomic E-state index is 9.75. The molecule has 1 aliphatic heterocycles. The standard InChI is InChI=1S/C37H49NO6S2/c1-5-21-42-37-34(46-6-2)24-32(38-41-3)30-22-25(11-7-9-19-39)29(12-8-10-20-40)35(36(30)37)31-23-27(15-18-33(31)44-37)43-26-13-16-28(45-4)17-14-26/h5,13-18,22-23,25,29,34-36,39-40H,1,6-12,19-21,24H2,2-4H3. The van der Waals surface area contributed by atoms with Crippen molar-refractivity contribution < 1.29 is 29.3 Å². The highest BCUT2D eigenvalue weighted by Gasteiger charge is 2.63. The fourth-order valence-electron chi connectivity index (χ4n) is 7.63. The predicted octanol–water partition coefficient (Wildman–Crippen LogP) is 8.22. The summed E-state index contributed by atoms with van der Waals surface area (Å²) in [5.41, 5.74) is 3.21. The second-order valence-corrected chi connectivity index (χ2v) is 14.5. The van der Waals surface area contributed by atoms with Crippen LogP contribution < -0.4 is 9.47 Å². The molecule has 0 aromatic heterocycles. The highest BCUT2D eigenvalue weighted by Crippen LogP contribution is 2.62. The monoisotopic (exact) mass is 667 g/mol. The molecule has 2 aliphatic carbocycles. The predicted molar refractivity (Wildman–Crippen MR) is 188 cm³/mol. The highest BCUT2D eigenvalue weighted by atomic mass is 32.2. The number of unbranched alkanes of at least 4 members (excludes halogenated alkanes) is 2. The van der Waals surface area contributed by atoms with Crippen LogP contribution in [-0.2, 0) is 9.57 Å². The van der Waals surface area contributed by atoms with Crippen molar-refractivity contribution in [2.75, 3.05) is 38.9 Å². The Kier molecular flexibility index (Phi) is 12.6. The van der Waals surface area contributed by atoms with Gasteiger partial charge < -0.3 is 29.3 Å². The minimum absolute atomic E-state index is 0.0148. The molecule has 7 nitrogen and oxygen atoms in total. The summed E-state index contributed by atoms with van der Waals surface area (Å²) >= 11 is 3.55. The van der Waals surface area contributed by atoms with Crippen molar-refractivity contribution in [3.63, 3.8) is 0 Å². The van der Waals surface area contributed by atoms with E-state index in [0.717, 1.165) is 78.4 Å². The van der Waals surface area contributed by atoms with Gasteiger partial charge >= 0.3 is 0 Å². The van der Waals surface area contributed by atoms with E-state index >= 15 is 0 Å². The van der Waals surface area contributed by atoms with Gasteiger partial charge in [0.1, 0.15) is 24.4 Å². The van der Waals surface area contributed by atoms with Gasteiger partial charge in [0.05, 0.1) is 23.5 Å². The molecule has 2 aromatic rings. The summed E-state index contributed by atoms with van der Waals surface area (Å²) in [6, 6.07) is 14.4. The minimum Gasteiger partial charge on any atom is -0.460 e. The lowest BCUT2D eigenvalue weighted by atomic mass is 9.56. The third kappa shape index (κ3) is 7.34. The number of nitrogens with zero attached hydrogens (tertiary/aromatic N) is 1. The molecule has 250 valence electrons. The van der Waals surface area contributed by atoms with Gasteiger partial charge in [-0.15, -0.1) is 18.3 Å². The number of benzene rings is 2. The Morgan fingerprint density at radius 1 is 1.04 bits per heavy atom. The van der Waals surface area contributed by atoms with Gasteiger partial charge in [0.15, 0.2) is 0 Å². The Bertz CT molecular complexity index is 1360. The van der Waals surface area contributed by atoms with Crippen LogP contribution in [0, 0.1) is 17.8 Å². The van der Waals surface area contributed by atoms with Gasteiger partial charge in [-0.05, 0) is 97.6 Å². The van der Waals surface area contributed by atoms with Gasteiger partial charge in [-0.25, -0.2) is 0 Å². The van der Waals surface area contributed by atoms with Crippen LogP contribution in [0.25, 0.3) is 0 Å². The number of rotatable bonds is 17. The van der Waals surface area contributed by atoms with Crippen LogP contribution in [0.4, 0.5) is 0 Å². The fraction of sp³-hybridized carbons (Fsp3) is 0.541. The van der Waals surface area contributed by atoms with Gasteiger partial charge in [0.25, 0.3) is 0 Å². The van der Waals surface area contributed by atoms with E-state index in [4.69, 9.17) is 19.0 Å². The molecule has 6 unspecified atom stereocenters. The zero-order chi connectivity index (χ0) is 32.5. The molecular formula is C37H49NO6S2. The first-order valence-electron chi connectivity index (χ1n) is 16.6. The van der Waals surface area contributed by atoms with Crippen molar-refractivity contribution >= 4 is 29.2 Å². The van der Waals surface area contributed by atoms with Gasteiger partial charge in [-0.2, -0.15) is 11.8 Å². The lowest BCUT2D eigenvalue weighted by Gasteiger charge is -2.58. The largest absolute Gasteiger partial charge is 0.460 e. The van der Waals surface area contributed by atoms with Crippen molar-refractivity contribution in [2.45, 2.75) is 73.7 Å². The molecule has 46 heavy (non-hydrogen) atoms. The molecule has 0 bridgehead atoms. The Morgan fingerprint density at radius 2 is 1.78 bits per heavy atom. The molecule has 1 fully saturated rings. The van der Waals surface area contributed by atoms with Crippen molar-refractivity contribution in [1.82, 2.24) is 0 Å². The molecule has 1 saturated carbocycles. The van der Waals surface area contributed by atoms with Crippen molar-refractivity contribution in [2.24, 2.45) is 22.9 Å². The topological polar surface area (TPSA) is 89.7 Å². The van der Waals surface area contributed by atoms with Crippen LogP contribution in [0.15, 0.2) is 76.8 Å². The Morgan fingerprint density at radius 3 is 2.46 bits per heavy atom. The summed E-state index contributed by atoms with van der Waals surface area (Å²) in [5.74, 6) is 2.80. The molecule has 6 atom stereocenters. The molecule has 2 N–H and O–H groups in total. The normalized spacial score (nSPS) is 27.3. The van der Waals surface area contributed by atoms with E-state index in [9.17, 15) is 10.2 Å². The first-order chi connectivity index (χ1) is 22.5. The van der Waals surface area contributed by atoms with Crippen LogP contribution in [0.2, 0.25) is 0 Å². The summed E-state index contributed by atoms with van der Waals surface area (Å²) in [5, 5.41) is 24.0. The summed E-state index contributed by atoms with van der Waals surface area (Å²) in [6.45, 7) is 6.88. The van der Waals surface area contributed by atoms with Gasteiger partial charge in [0, 0.05) is 36.0 Å². The molecule has 1 heterocycles. The third-order valence-corrected chi connectivity index (χ3v) is 11.5. The fourth-order valence-corrected chi connectivity index (χ4v) is 9.21. The Labute approximate surface area is 282 Å². The number of oxime groups is 1. The zero-order valence-electron chi connectivity index (χ0n) is 27.4. The summed E-state index contributed by atoms with van der Waals surface area (Å²) < 4.78 is 20.4. The maximum Gasteiger partial charge on any atom is 0.230 e. The van der Waals surface area contributed by atoms with Crippen LogP contribution in [0.5, 0.6) is 17.2 Å². The summed E-state index contributed by atoms with van der Waals surface area (Å²) in [7, 11) is 1.62. The van der Waals surface area contributed by atoms with Crippen LogP contribution >= 0.6 is 23.5 Å². The van der Waals surface area contributed by atoms with E-state index in [-0.39, 0.29) is 42.1 Å². The van der Waals surface area contributed by atoms with E-state index in [1.807, 2.05) is 36.0 Å². The number of aliphatic hydroxyl groups excluding tert-OH is 2. The van der Waals surface area contributed by atoms with E-state index in [1.165, 1.54) is 4.90 Å². The van der Waals surface area contributed by atoms with Gasteiger partial charge in [0.2, 0.25) is 5.79 Å². The number of ether oxygens (including phenoxy) is 3. The Hall–Kier alpha value is -2.43.